The number of esters is 4. The van der Waals surface area contributed by atoms with E-state index in [9.17, 15) is 19.2 Å². The maximum atomic E-state index is 11.7. The quantitative estimate of drug-likeness (QED) is 0.137. The third kappa shape index (κ3) is 13.8. The van der Waals surface area contributed by atoms with E-state index in [1.165, 1.54) is 25.0 Å². The highest BCUT2D eigenvalue weighted by molar-refractivity contribution is 5.72. The highest BCUT2D eigenvalue weighted by Crippen LogP contribution is 2.21. The molecule has 0 amide bonds. The van der Waals surface area contributed by atoms with E-state index < -0.39 is 82.1 Å². The molecule has 33 heavy (non-hydrogen) atoms. The first-order valence-corrected chi connectivity index (χ1v) is 8.48. The lowest BCUT2D eigenvalue weighted by Crippen LogP contribution is -2.44. The second kappa shape index (κ2) is 16.8. The Balaban J connectivity index is 5.52. The van der Waals surface area contributed by atoms with Crippen LogP contribution >= 0.6 is 0 Å². The largest absolute Gasteiger partial charge is 0.462 e. The minimum atomic E-state index is -1.71. The molecule has 0 radical (unpaired) electrons. The van der Waals surface area contributed by atoms with Crippen molar-refractivity contribution in [2.24, 2.45) is 5.41 Å². The second-order valence-electron chi connectivity index (χ2n) is 5.66. The van der Waals surface area contributed by atoms with Crippen LogP contribution in [0.5, 0.6) is 0 Å². The van der Waals surface area contributed by atoms with Gasteiger partial charge in [0.25, 0.3) is 25.0 Å². The summed E-state index contributed by atoms with van der Waals surface area (Å²) in [4.78, 5) is 46.8. The zero-order valence-corrected chi connectivity index (χ0v) is 16.8. The molecular formula is C17H16N4O12. The standard InChI is InChI=1S/C17H16N4O12/c18-9-26-1-13(22)30-5-17(6-31-14(23)2-27-10-19,7-32-15(24)3-28-11-20)8-33-16(25)4-29-12-21/h1-8H2. The van der Waals surface area contributed by atoms with Gasteiger partial charge >= 0.3 is 23.9 Å². The Morgan fingerprint density at radius 2 is 0.697 bits per heavy atom. The average Bonchev–Trinajstić information content (AvgIpc) is 2.82. The van der Waals surface area contributed by atoms with Crippen LogP contribution in [0.3, 0.4) is 0 Å². The van der Waals surface area contributed by atoms with E-state index in [2.05, 4.69) is 18.9 Å². The van der Waals surface area contributed by atoms with Crippen LogP contribution < -0.4 is 0 Å². The number of ether oxygens (including phenoxy) is 8. The Labute approximate surface area is 186 Å². The molecule has 16 nitrogen and oxygen atoms in total. The smallest absolute Gasteiger partial charge is 0.345 e. The zero-order chi connectivity index (χ0) is 25.0. The molecule has 0 unspecified atom stereocenters. The second-order valence-corrected chi connectivity index (χ2v) is 5.66. The van der Waals surface area contributed by atoms with Gasteiger partial charge in [0.1, 0.15) is 31.8 Å². The molecule has 0 heterocycles. The van der Waals surface area contributed by atoms with Gasteiger partial charge in [-0.1, -0.05) is 0 Å². The summed E-state index contributed by atoms with van der Waals surface area (Å²) in [5, 5.41) is 33.3. The summed E-state index contributed by atoms with van der Waals surface area (Å²) in [7, 11) is 0. The third-order valence-electron chi connectivity index (χ3n) is 3.18. The van der Waals surface area contributed by atoms with Gasteiger partial charge < -0.3 is 37.9 Å². The van der Waals surface area contributed by atoms with Crippen molar-refractivity contribution in [1.82, 2.24) is 0 Å². The molecular weight excluding hydrogens is 452 g/mol. The van der Waals surface area contributed by atoms with Crippen molar-refractivity contribution < 1.29 is 57.1 Å². The van der Waals surface area contributed by atoms with Crippen molar-refractivity contribution in [2.45, 2.75) is 0 Å². The molecule has 0 saturated carbocycles. The predicted octanol–water partition coefficient (Wildman–Crippen LogP) is -1.86. The predicted molar refractivity (Wildman–Crippen MR) is 92.5 cm³/mol. The van der Waals surface area contributed by atoms with Gasteiger partial charge in [-0.3, -0.25) is 0 Å². The fourth-order valence-electron chi connectivity index (χ4n) is 1.72. The Bertz CT molecular complexity index is 707. The molecule has 0 aliphatic carbocycles. The number of nitrogens with zero attached hydrogens (tertiary/aromatic N) is 4. The van der Waals surface area contributed by atoms with Crippen LogP contribution in [0.15, 0.2) is 0 Å². The SMILES string of the molecule is N#COCC(=O)OCC(COC(=O)COC#N)(COC(=O)COC#N)COC(=O)COC#N. The number of carbonyl (C=O) groups is 4. The summed E-state index contributed by atoms with van der Waals surface area (Å²) in [6.07, 6.45) is 4.98. The fraction of sp³-hybridized carbons (Fsp3) is 0.529. The minimum Gasteiger partial charge on any atom is -0.462 e. The molecule has 0 bridgehead atoms. The summed E-state index contributed by atoms with van der Waals surface area (Å²) < 4.78 is 36.5. The lowest BCUT2D eigenvalue weighted by molar-refractivity contribution is -0.174. The molecule has 0 aromatic heterocycles. The number of rotatable bonds is 16. The molecule has 176 valence electrons. The summed E-state index contributed by atoms with van der Waals surface area (Å²) >= 11 is 0. The number of carbonyl (C=O) groups excluding carboxylic acids is 4. The first kappa shape index (κ1) is 28.0. The number of hydrogen-bond acceptors (Lipinski definition) is 16. The molecule has 0 aliphatic heterocycles. The van der Waals surface area contributed by atoms with Crippen LogP contribution in [0.2, 0.25) is 0 Å². The Kier molecular flexibility index (Phi) is 14.3. The van der Waals surface area contributed by atoms with Gasteiger partial charge in [0, 0.05) is 0 Å². The van der Waals surface area contributed by atoms with Crippen LogP contribution in [0, 0.1) is 51.5 Å². The molecule has 0 spiro atoms. The van der Waals surface area contributed by atoms with Crippen LogP contribution in [0.25, 0.3) is 0 Å². The van der Waals surface area contributed by atoms with E-state index >= 15 is 0 Å². The first-order chi connectivity index (χ1) is 15.8. The van der Waals surface area contributed by atoms with Crippen molar-refractivity contribution in [3.63, 3.8) is 0 Å². The molecule has 0 aromatic carbocycles. The fourth-order valence-corrected chi connectivity index (χ4v) is 1.72. The van der Waals surface area contributed by atoms with Gasteiger partial charge in [0.05, 0.1) is 0 Å². The summed E-state index contributed by atoms with van der Waals surface area (Å²) in [5.41, 5.74) is -1.71. The molecule has 0 fully saturated rings. The van der Waals surface area contributed by atoms with Crippen molar-refractivity contribution in [3.05, 3.63) is 0 Å². The topological polar surface area (TPSA) is 237 Å². The van der Waals surface area contributed by atoms with Crippen molar-refractivity contribution in [3.8, 4) is 25.0 Å². The lowest BCUT2D eigenvalue weighted by Gasteiger charge is -2.31. The molecule has 0 saturated heterocycles. The Morgan fingerprint density at radius 3 is 0.879 bits per heavy atom. The van der Waals surface area contributed by atoms with Gasteiger partial charge in [-0.25, -0.2) is 19.2 Å². The van der Waals surface area contributed by atoms with Crippen molar-refractivity contribution in [1.29, 1.82) is 21.0 Å². The monoisotopic (exact) mass is 468 g/mol. The average molecular weight is 468 g/mol. The van der Waals surface area contributed by atoms with Gasteiger partial charge in [-0.05, 0) is 0 Å². The normalized spacial score (nSPS) is 9.33. The first-order valence-electron chi connectivity index (χ1n) is 8.48. The molecule has 0 aromatic rings. The molecule has 0 rings (SSSR count). The van der Waals surface area contributed by atoms with Crippen LogP contribution in [0.4, 0.5) is 0 Å². The van der Waals surface area contributed by atoms with Crippen molar-refractivity contribution in [2.75, 3.05) is 52.9 Å². The van der Waals surface area contributed by atoms with Gasteiger partial charge in [0.15, 0.2) is 26.4 Å². The maximum Gasteiger partial charge on any atom is 0.345 e. The number of hydrogen-bond donors (Lipinski definition) is 0. The van der Waals surface area contributed by atoms with E-state index in [-0.39, 0.29) is 0 Å². The van der Waals surface area contributed by atoms with E-state index in [1.807, 2.05) is 0 Å². The maximum absolute atomic E-state index is 11.7. The van der Waals surface area contributed by atoms with Gasteiger partial charge in [0.2, 0.25) is 0 Å². The van der Waals surface area contributed by atoms with E-state index in [0.717, 1.165) is 0 Å². The highest BCUT2D eigenvalue weighted by Gasteiger charge is 2.38. The Morgan fingerprint density at radius 1 is 0.485 bits per heavy atom. The summed E-state index contributed by atoms with van der Waals surface area (Å²) in [6, 6.07) is 0. The van der Waals surface area contributed by atoms with Crippen molar-refractivity contribution >= 4 is 23.9 Å². The van der Waals surface area contributed by atoms with Crippen LogP contribution in [-0.2, 0) is 57.1 Å². The zero-order valence-electron chi connectivity index (χ0n) is 16.8. The molecule has 16 heteroatoms. The van der Waals surface area contributed by atoms with Gasteiger partial charge in [-0.15, -0.1) is 0 Å². The third-order valence-corrected chi connectivity index (χ3v) is 3.18. The highest BCUT2D eigenvalue weighted by atomic mass is 16.6. The molecule has 0 aliphatic rings. The van der Waals surface area contributed by atoms with E-state index in [0.29, 0.717) is 0 Å². The summed E-state index contributed by atoms with van der Waals surface area (Å²) in [5.74, 6) is -4.17. The van der Waals surface area contributed by atoms with Gasteiger partial charge in [-0.2, -0.15) is 21.0 Å². The molecule has 0 atom stereocenters. The van der Waals surface area contributed by atoms with Crippen LogP contribution in [0.1, 0.15) is 0 Å². The van der Waals surface area contributed by atoms with E-state index in [1.54, 1.807) is 0 Å². The van der Waals surface area contributed by atoms with E-state index in [4.69, 9.17) is 40.0 Å². The molecule has 0 N–H and O–H groups in total. The number of nitriles is 4. The lowest BCUT2D eigenvalue weighted by atomic mass is 9.92. The minimum absolute atomic E-state index is 0.689. The Hall–Kier alpha value is -4.96. The van der Waals surface area contributed by atoms with Crippen LogP contribution in [-0.4, -0.2) is 76.7 Å². The summed E-state index contributed by atoms with van der Waals surface area (Å²) in [6.45, 7) is -5.83.